The van der Waals surface area contributed by atoms with Crippen LogP contribution in [0.2, 0.25) is 0 Å². The first-order valence-corrected chi connectivity index (χ1v) is 10.3. The van der Waals surface area contributed by atoms with Gasteiger partial charge in [-0.3, -0.25) is 9.69 Å². The molecule has 2 N–H and O–H groups in total. The standard InChI is InChI=1S/C24H27N3O3/c1-3-27(10-12-29-2)11-13-30-19-8-9-22-18(14-19)16-23(25-22)20-15-17-6-4-5-7-21(17)26-24(20)28/h4-9,14-16,25H,3,10-13H2,1-2H3,(H,26,28). The first kappa shape index (κ1) is 20.2. The molecule has 30 heavy (non-hydrogen) atoms. The van der Waals surface area contributed by atoms with Gasteiger partial charge in [0, 0.05) is 36.6 Å². The highest BCUT2D eigenvalue weighted by atomic mass is 16.5. The predicted octanol–water partition coefficient (Wildman–Crippen LogP) is 4.02. The van der Waals surface area contributed by atoms with Gasteiger partial charge in [-0.2, -0.15) is 0 Å². The Kier molecular flexibility index (Phi) is 6.16. The normalized spacial score (nSPS) is 11.6. The third kappa shape index (κ3) is 4.40. The number of nitrogens with zero attached hydrogens (tertiary/aromatic N) is 1. The molecule has 4 aromatic rings. The average molecular weight is 405 g/mol. The van der Waals surface area contributed by atoms with Crippen LogP contribution in [-0.4, -0.2) is 54.8 Å². The molecule has 0 fully saturated rings. The molecule has 0 saturated heterocycles. The molecule has 2 heterocycles. The van der Waals surface area contributed by atoms with Gasteiger partial charge in [0.2, 0.25) is 0 Å². The van der Waals surface area contributed by atoms with E-state index in [1.54, 1.807) is 7.11 Å². The molecule has 0 atom stereocenters. The van der Waals surface area contributed by atoms with E-state index < -0.39 is 0 Å². The Hall–Kier alpha value is -3.09. The van der Waals surface area contributed by atoms with Crippen LogP contribution in [0, 0.1) is 0 Å². The zero-order chi connectivity index (χ0) is 20.9. The van der Waals surface area contributed by atoms with Crippen LogP contribution < -0.4 is 10.3 Å². The Morgan fingerprint density at radius 2 is 1.70 bits per heavy atom. The smallest absolute Gasteiger partial charge is 0.257 e. The van der Waals surface area contributed by atoms with Crippen LogP contribution in [0.25, 0.3) is 33.1 Å². The Morgan fingerprint density at radius 3 is 2.53 bits per heavy atom. The van der Waals surface area contributed by atoms with E-state index in [0.717, 1.165) is 59.5 Å². The largest absolute Gasteiger partial charge is 0.492 e. The highest BCUT2D eigenvalue weighted by Crippen LogP contribution is 2.26. The molecule has 0 bridgehead atoms. The summed E-state index contributed by atoms with van der Waals surface area (Å²) >= 11 is 0. The van der Waals surface area contributed by atoms with Gasteiger partial charge in [-0.25, -0.2) is 0 Å². The van der Waals surface area contributed by atoms with Crippen molar-refractivity contribution in [2.45, 2.75) is 6.92 Å². The second-order valence-electron chi connectivity index (χ2n) is 7.31. The molecule has 0 spiro atoms. The average Bonchev–Trinajstić information content (AvgIpc) is 3.18. The summed E-state index contributed by atoms with van der Waals surface area (Å²) in [4.78, 5) is 21.2. The molecule has 6 heteroatoms. The quantitative estimate of drug-likeness (QED) is 0.441. The van der Waals surface area contributed by atoms with Crippen LogP contribution in [0.3, 0.4) is 0 Å². The van der Waals surface area contributed by atoms with Gasteiger partial charge in [-0.05, 0) is 48.3 Å². The maximum atomic E-state index is 12.6. The zero-order valence-electron chi connectivity index (χ0n) is 17.4. The lowest BCUT2D eigenvalue weighted by molar-refractivity contribution is 0.138. The summed E-state index contributed by atoms with van der Waals surface area (Å²) < 4.78 is 11.1. The highest BCUT2D eigenvalue weighted by Gasteiger charge is 2.10. The maximum Gasteiger partial charge on any atom is 0.257 e. The third-order valence-corrected chi connectivity index (χ3v) is 5.37. The van der Waals surface area contributed by atoms with Crippen LogP contribution in [0.1, 0.15) is 6.92 Å². The van der Waals surface area contributed by atoms with Crippen molar-refractivity contribution >= 4 is 21.8 Å². The number of likely N-dealkylation sites (N-methyl/N-ethyl adjacent to an activating group) is 1. The summed E-state index contributed by atoms with van der Waals surface area (Å²) in [5, 5.41) is 2.02. The van der Waals surface area contributed by atoms with Gasteiger partial charge in [0.05, 0.1) is 17.9 Å². The molecule has 4 rings (SSSR count). The number of nitrogens with one attached hydrogen (secondary N) is 2. The minimum absolute atomic E-state index is 0.104. The minimum Gasteiger partial charge on any atom is -0.492 e. The molecule has 2 aromatic carbocycles. The fourth-order valence-electron chi connectivity index (χ4n) is 3.63. The van der Waals surface area contributed by atoms with Crippen molar-refractivity contribution in [1.29, 1.82) is 0 Å². The van der Waals surface area contributed by atoms with E-state index in [1.165, 1.54) is 0 Å². The number of benzene rings is 2. The monoisotopic (exact) mass is 405 g/mol. The van der Waals surface area contributed by atoms with Crippen LogP contribution in [0.5, 0.6) is 5.75 Å². The van der Waals surface area contributed by atoms with Crippen molar-refractivity contribution < 1.29 is 9.47 Å². The number of pyridine rings is 1. The third-order valence-electron chi connectivity index (χ3n) is 5.37. The summed E-state index contributed by atoms with van der Waals surface area (Å²) in [6.45, 7) is 6.19. The van der Waals surface area contributed by atoms with E-state index in [0.29, 0.717) is 12.2 Å². The number of para-hydroxylation sites is 1. The molecule has 156 valence electrons. The van der Waals surface area contributed by atoms with Gasteiger partial charge in [-0.1, -0.05) is 25.1 Å². The summed E-state index contributed by atoms with van der Waals surface area (Å²) in [5.74, 6) is 0.822. The molecule has 0 saturated carbocycles. The molecular weight excluding hydrogens is 378 g/mol. The van der Waals surface area contributed by atoms with Crippen LogP contribution in [0.15, 0.2) is 59.4 Å². The fraction of sp³-hybridized carbons (Fsp3) is 0.292. The number of hydrogen-bond acceptors (Lipinski definition) is 4. The van der Waals surface area contributed by atoms with E-state index in [-0.39, 0.29) is 5.56 Å². The van der Waals surface area contributed by atoms with Gasteiger partial charge in [0.25, 0.3) is 5.56 Å². The molecule has 0 radical (unpaired) electrons. The van der Waals surface area contributed by atoms with Crippen LogP contribution in [-0.2, 0) is 4.74 Å². The van der Waals surface area contributed by atoms with Crippen molar-refractivity contribution in [3.63, 3.8) is 0 Å². The number of aromatic nitrogens is 2. The van der Waals surface area contributed by atoms with E-state index in [4.69, 9.17) is 9.47 Å². The lowest BCUT2D eigenvalue weighted by Gasteiger charge is -2.19. The molecule has 0 aliphatic heterocycles. The van der Waals surface area contributed by atoms with E-state index in [1.807, 2.05) is 54.6 Å². The summed E-state index contributed by atoms with van der Waals surface area (Å²) in [7, 11) is 1.72. The second kappa shape index (κ2) is 9.15. The highest BCUT2D eigenvalue weighted by molar-refractivity contribution is 5.89. The number of methoxy groups -OCH3 is 1. The molecular formula is C24H27N3O3. The molecule has 2 aromatic heterocycles. The fourth-order valence-corrected chi connectivity index (χ4v) is 3.63. The number of ether oxygens (including phenoxy) is 2. The van der Waals surface area contributed by atoms with Crippen molar-refractivity contribution in [2.24, 2.45) is 0 Å². The number of rotatable bonds is 9. The summed E-state index contributed by atoms with van der Waals surface area (Å²) in [6, 6.07) is 17.7. The number of fused-ring (bicyclic) bond motifs is 2. The molecule has 0 aliphatic carbocycles. The van der Waals surface area contributed by atoms with Gasteiger partial charge in [0.15, 0.2) is 0 Å². The summed E-state index contributed by atoms with van der Waals surface area (Å²) in [5.41, 5.74) is 3.13. The van der Waals surface area contributed by atoms with Gasteiger partial charge in [-0.15, -0.1) is 0 Å². The predicted molar refractivity (Wildman–Crippen MR) is 121 cm³/mol. The minimum atomic E-state index is -0.104. The van der Waals surface area contributed by atoms with E-state index in [9.17, 15) is 4.79 Å². The number of H-pyrrole nitrogens is 2. The molecule has 6 nitrogen and oxygen atoms in total. The molecule has 0 unspecified atom stereocenters. The molecule has 0 aliphatic rings. The first-order valence-electron chi connectivity index (χ1n) is 10.3. The van der Waals surface area contributed by atoms with Gasteiger partial charge in [0.1, 0.15) is 12.4 Å². The van der Waals surface area contributed by atoms with Crippen molar-refractivity contribution in [3.05, 3.63) is 65.0 Å². The van der Waals surface area contributed by atoms with Crippen molar-refractivity contribution in [2.75, 3.05) is 40.0 Å². The van der Waals surface area contributed by atoms with Crippen LogP contribution >= 0.6 is 0 Å². The lowest BCUT2D eigenvalue weighted by atomic mass is 10.1. The summed E-state index contributed by atoms with van der Waals surface area (Å²) in [6.07, 6.45) is 0. The number of aromatic amines is 2. The van der Waals surface area contributed by atoms with Crippen LogP contribution in [0.4, 0.5) is 0 Å². The number of hydrogen-bond donors (Lipinski definition) is 2. The lowest BCUT2D eigenvalue weighted by Crippen LogP contribution is -2.31. The first-order chi connectivity index (χ1) is 14.7. The topological polar surface area (TPSA) is 70.3 Å². The van der Waals surface area contributed by atoms with E-state index >= 15 is 0 Å². The Morgan fingerprint density at radius 1 is 0.900 bits per heavy atom. The van der Waals surface area contributed by atoms with Gasteiger partial charge >= 0.3 is 0 Å². The van der Waals surface area contributed by atoms with Gasteiger partial charge < -0.3 is 19.4 Å². The second-order valence-corrected chi connectivity index (χ2v) is 7.31. The maximum absolute atomic E-state index is 12.6. The van der Waals surface area contributed by atoms with Crippen molar-refractivity contribution in [3.8, 4) is 17.0 Å². The Balaban J connectivity index is 1.52. The Labute approximate surface area is 175 Å². The Bertz CT molecular complexity index is 1200. The SMILES string of the molecule is CCN(CCOC)CCOc1ccc2[nH]c(-c3cc4ccccc4[nH]c3=O)cc2c1. The van der Waals surface area contributed by atoms with Crippen molar-refractivity contribution in [1.82, 2.24) is 14.9 Å². The van der Waals surface area contributed by atoms with E-state index in [2.05, 4.69) is 21.8 Å². The zero-order valence-corrected chi connectivity index (χ0v) is 17.4. The molecule has 0 amide bonds.